The number of rotatable bonds is 7. The monoisotopic (exact) mass is 277 g/mol. The molecule has 20 heavy (non-hydrogen) atoms. The minimum Gasteiger partial charge on any atom is -0.497 e. The summed E-state index contributed by atoms with van der Waals surface area (Å²) in [5.41, 5.74) is 6.62. The number of aryl methyl sites for hydroxylation is 1. The summed E-state index contributed by atoms with van der Waals surface area (Å²) in [7, 11) is 1.63. The first-order chi connectivity index (χ1) is 9.76. The fourth-order valence-electron chi connectivity index (χ4n) is 1.81. The average Bonchev–Trinajstić information content (AvgIpc) is 2.94. The first-order valence-corrected chi connectivity index (χ1v) is 6.58. The zero-order valence-electron chi connectivity index (χ0n) is 11.8. The van der Waals surface area contributed by atoms with E-state index in [0.717, 1.165) is 23.5 Å². The van der Waals surface area contributed by atoms with Gasteiger partial charge in [-0.15, -0.1) is 0 Å². The average molecular weight is 277 g/mol. The lowest BCUT2D eigenvalue weighted by Crippen LogP contribution is -2.06. The quantitative estimate of drug-likeness (QED) is 0.829. The van der Waals surface area contributed by atoms with Gasteiger partial charge in [-0.25, -0.2) is 0 Å². The molecule has 0 fully saturated rings. The molecular formula is C14H19N3O3. The van der Waals surface area contributed by atoms with E-state index >= 15 is 0 Å². The molecule has 1 heterocycles. The second-order valence-corrected chi connectivity index (χ2v) is 4.26. The highest BCUT2D eigenvalue weighted by Crippen LogP contribution is 2.25. The molecule has 108 valence electrons. The van der Waals surface area contributed by atoms with Crippen molar-refractivity contribution in [2.24, 2.45) is 5.73 Å². The summed E-state index contributed by atoms with van der Waals surface area (Å²) >= 11 is 0. The van der Waals surface area contributed by atoms with Crippen molar-refractivity contribution in [1.29, 1.82) is 0 Å². The van der Waals surface area contributed by atoms with Crippen LogP contribution in [0.25, 0.3) is 0 Å². The predicted molar refractivity (Wildman–Crippen MR) is 73.8 cm³/mol. The Kier molecular flexibility index (Phi) is 4.95. The Labute approximate surface area is 117 Å². The SMILES string of the molecule is CCc1nc(COc2ccc(OC)cc2CCN)no1. The van der Waals surface area contributed by atoms with Crippen LogP contribution in [0.4, 0.5) is 0 Å². The highest BCUT2D eigenvalue weighted by atomic mass is 16.5. The van der Waals surface area contributed by atoms with Gasteiger partial charge in [-0.2, -0.15) is 4.98 Å². The summed E-state index contributed by atoms with van der Waals surface area (Å²) in [6.45, 7) is 2.78. The van der Waals surface area contributed by atoms with Gasteiger partial charge in [0.1, 0.15) is 11.5 Å². The van der Waals surface area contributed by atoms with Crippen LogP contribution in [0.15, 0.2) is 22.7 Å². The van der Waals surface area contributed by atoms with Gasteiger partial charge in [-0.1, -0.05) is 12.1 Å². The third kappa shape index (κ3) is 3.48. The summed E-state index contributed by atoms with van der Waals surface area (Å²) in [4.78, 5) is 4.20. The molecule has 1 aromatic carbocycles. The summed E-state index contributed by atoms with van der Waals surface area (Å²) < 4.78 is 16.0. The van der Waals surface area contributed by atoms with E-state index in [1.54, 1.807) is 7.11 Å². The summed E-state index contributed by atoms with van der Waals surface area (Å²) in [6.07, 6.45) is 1.44. The Hall–Kier alpha value is -2.08. The molecule has 0 aliphatic rings. The molecule has 0 saturated carbocycles. The van der Waals surface area contributed by atoms with Crippen LogP contribution in [0.3, 0.4) is 0 Å². The van der Waals surface area contributed by atoms with Crippen LogP contribution in [0.2, 0.25) is 0 Å². The molecule has 0 amide bonds. The molecule has 2 N–H and O–H groups in total. The van der Waals surface area contributed by atoms with Gasteiger partial charge in [0.25, 0.3) is 0 Å². The van der Waals surface area contributed by atoms with Crippen molar-refractivity contribution < 1.29 is 14.0 Å². The van der Waals surface area contributed by atoms with Crippen molar-refractivity contribution in [3.8, 4) is 11.5 Å². The highest BCUT2D eigenvalue weighted by Gasteiger charge is 2.09. The Morgan fingerprint density at radius 3 is 2.85 bits per heavy atom. The lowest BCUT2D eigenvalue weighted by molar-refractivity contribution is 0.282. The van der Waals surface area contributed by atoms with Crippen LogP contribution in [-0.2, 0) is 19.4 Å². The lowest BCUT2D eigenvalue weighted by Gasteiger charge is -2.11. The van der Waals surface area contributed by atoms with Crippen LogP contribution in [0.1, 0.15) is 24.2 Å². The summed E-state index contributed by atoms with van der Waals surface area (Å²) in [6, 6.07) is 5.64. The number of nitrogens with two attached hydrogens (primary N) is 1. The molecule has 0 radical (unpaired) electrons. The van der Waals surface area contributed by atoms with Crippen molar-refractivity contribution in [2.75, 3.05) is 13.7 Å². The molecule has 6 nitrogen and oxygen atoms in total. The van der Waals surface area contributed by atoms with E-state index < -0.39 is 0 Å². The second-order valence-electron chi connectivity index (χ2n) is 4.26. The first kappa shape index (κ1) is 14.3. The fourth-order valence-corrected chi connectivity index (χ4v) is 1.81. The van der Waals surface area contributed by atoms with Gasteiger partial charge in [0.2, 0.25) is 11.7 Å². The number of benzene rings is 1. The van der Waals surface area contributed by atoms with Crippen molar-refractivity contribution in [1.82, 2.24) is 10.1 Å². The number of hydrogen-bond acceptors (Lipinski definition) is 6. The maximum absolute atomic E-state index is 5.74. The zero-order valence-corrected chi connectivity index (χ0v) is 11.8. The Balaban J connectivity index is 2.07. The maximum atomic E-state index is 5.74. The molecule has 0 bridgehead atoms. The van der Waals surface area contributed by atoms with E-state index in [0.29, 0.717) is 24.7 Å². The Bertz CT molecular complexity index is 554. The van der Waals surface area contributed by atoms with Crippen molar-refractivity contribution in [3.05, 3.63) is 35.5 Å². The van der Waals surface area contributed by atoms with Gasteiger partial charge in [-0.3, -0.25) is 0 Å². The second kappa shape index (κ2) is 6.91. The standard InChI is InChI=1S/C14H19N3O3/c1-3-14-16-13(17-20-14)9-19-12-5-4-11(18-2)8-10(12)6-7-15/h4-5,8H,3,6-7,9,15H2,1-2H3. The predicted octanol–water partition coefficient (Wildman–Crippen LogP) is 1.72. The van der Waals surface area contributed by atoms with Gasteiger partial charge in [-0.05, 0) is 36.7 Å². The third-order valence-electron chi connectivity index (χ3n) is 2.85. The van der Waals surface area contributed by atoms with Gasteiger partial charge in [0, 0.05) is 6.42 Å². The molecule has 0 spiro atoms. The lowest BCUT2D eigenvalue weighted by atomic mass is 10.1. The highest BCUT2D eigenvalue weighted by molar-refractivity contribution is 5.40. The van der Waals surface area contributed by atoms with Crippen molar-refractivity contribution in [3.63, 3.8) is 0 Å². The van der Waals surface area contributed by atoms with Gasteiger partial charge in [0.05, 0.1) is 7.11 Å². The van der Waals surface area contributed by atoms with E-state index in [1.165, 1.54) is 0 Å². The van der Waals surface area contributed by atoms with E-state index in [4.69, 9.17) is 19.7 Å². The molecule has 2 aromatic rings. The van der Waals surface area contributed by atoms with Crippen LogP contribution in [0, 0.1) is 0 Å². The zero-order chi connectivity index (χ0) is 14.4. The molecule has 2 rings (SSSR count). The first-order valence-electron chi connectivity index (χ1n) is 6.58. The molecule has 6 heteroatoms. The van der Waals surface area contributed by atoms with Crippen LogP contribution < -0.4 is 15.2 Å². The van der Waals surface area contributed by atoms with Crippen LogP contribution in [0.5, 0.6) is 11.5 Å². The number of aromatic nitrogens is 2. The molecule has 0 saturated heterocycles. The number of ether oxygens (including phenoxy) is 2. The summed E-state index contributed by atoms with van der Waals surface area (Å²) in [5, 5.41) is 3.85. The molecule has 0 aliphatic carbocycles. The number of nitrogens with zero attached hydrogens (tertiary/aromatic N) is 2. The summed E-state index contributed by atoms with van der Waals surface area (Å²) in [5.74, 6) is 2.70. The Morgan fingerprint density at radius 2 is 2.20 bits per heavy atom. The minimum atomic E-state index is 0.271. The molecule has 0 aliphatic heterocycles. The third-order valence-corrected chi connectivity index (χ3v) is 2.85. The molecule has 0 unspecified atom stereocenters. The molecular weight excluding hydrogens is 258 g/mol. The van der Waals surface area contributed by atoms with Gasteiger partial charge in [0.15, 0.2) is 6.61 Å². The van der Waals surface area contributed by atoms with Gasteiger partial charge < -0.3 is 19.7 Å². The van der Waals surface area contributed by atoms with Crippen LogP contribution >= 0.6 is 0 Å². The van der Waals surface area contributed by atoms with E-state index in [2.05, 4.69) is 10.1 Å². The fraction of sp³-hybridized carbons (Fsp3) is 0.429. The minimum absolute atomic E-state index is 0.271. The van der Waals surface area contributed by atoms with Crippen LogP contribution in [-0.4, -0.2) is 23.8 Å². The normalized spacial score (nSPS) is 10.6. The van der Waals surface area contributed by atoms with E-state index in [1.807, 2.05) is 25.1 Å². The smallest absolute Gasteiger partial charge is 0.226 e. The van der Waals surface area contributed by atoms with E-state index in [9.17, 15) is 0 Å². The molecule has 0 atom stereocenters. The molecule has 1 aromatic heterocycles. The number of hydrogen-bond donors (Lipinski definition) is 1. The topological polar surface area (TPSA) is 83.4 Å². The largest absolute Gasteiger partial charge is 0.497 e. The number of methoxy groups -OCH3 is 1. The van der Waals surface area contributed by atoms with Crippen molar-refractivity contribution >= 4 is 0 Å². The Morgan fingerprint density at radius 1 is 1.35 bits per heavy atom. The maximum Gasteiger partial charge on any atom is 0.226 e. The van der Waals surface area contributed by atoms with Gasteiger partial charge >= 0.3 is 0 Å². The van der Waals surface area contributed by atoms with E-state index in [-0.39, 0.29) is 6.61 Å². The van der Waals surface area contributed by atoms with Crippen molar-refractivity contribution in [2.45, 2.75) is 26.4 Å².